The molecule has 124 valence electrons. The second-order valence-electron chi connectivity index (χ2n) is 7.08. The minimum atomic E-state index is -0.476. The molecule has 0 aromatic rings. The Morgan fingerprint density at radius 3 is 2.48 bits per heavy atom. The van der Waals surface area contributed by atoms with Gasteiger partial charge in [0.05, 0.1) is 18.3 Å². The molecule has 3 atom stereocenters. The Hall–Kier alpha value is -0.610. The molecule has 4 nitrogen and oxygen atoms in total. The van der Waals surface area contributed by atoms with Crippen molar-refractivity contribution in [1.29, 1.82) is 0 Å². The Kier molecular flexibility index (Phi) is 6.67. The number of carbonyl (C=O) groups excluding carboxylic acids is 1. The van der Waals surface area contributed by atoms with Gasteiger partial charge in [0.25, 0.3) is 0 Å². The van der Waals surface area contributed by atoms with Gasteiger partial charge < -0.3 is 14.6 Å². The normalized spacial score (nSPS) is 31.2. The first kappa shape index (κ1) is 18.4. The zero-order valence-electron chi connectivity index (χ0n) is 14.3. The lowest BCUT2D eigenvalue weighted by Crippen LogP contribution is -2.51. The van der Waals surface area contributed by atoms with E-state index in [4.69, 9.17) is 9.47 Å². The lowest BCUT2D eigenvalue weighted by molar-refractivity contribution is -0.189. The second-order valence-corrected chi connectivity index (χ2v) is 7.08. The van der Waals surface area contributed by atoms with Crippen LogP contribution >= 0.6 is 0 Å². The van der Waals surface area contributed by atoms with Crippen LogP contribution in [0.5, 0.6) is 0 Å². The maximum absolute atomic E-state index is 11.9. The van der Waals surface area contributed by atoms with Crippen molar-refractivity contribution in [3.8, 4) is 0 Å². The number of aliphatic hydroxyl groups is 1. The van der Waals surface area contributed by atoms with Crippen molar-refractivity contribution in [3.05, 3.63) is 0 Å². The molecule has 0 aliphatic heterocycles. The predicted molar refractivity (Wildman–Crippen MR) is 83.1 cm³/mol. The predicted octanol–water partition coefficient (Wildman–Crippen LogP) is 3.45. The summed E-state index contributed by atoms with van der Waals surface area (Å²) < 4.78 is 11.8. The van der Waals surface area contributed by atoms with Crippen LogP contribution in [0.2, 0.25) is 0 Å². The average Bonchev–Trinajstić information content (AvgIpc) is 2.35. The fraction of sp³-hybridized carbons (Fsp3) is 0.941. The monoisotopic (exact) mass is 300 g/mol. The molecule has 4 heteroatoms. The highest BCUT2D eigenvalue weighted by Gasteiger charge is 2.47. The number of aliphatic hydroxyl groups excluding tert-OH is 1. The highest BCUT2D eigenvalue weighted by atomic mass is 16.6. The highest BCUT2D eigenvalue weighted by Crippen LogP contribution is 2.44. The maximum Gasteiger partial charge on any atom is 0.306 e. The number of rotatable bonds is 7. The topological polar surface area (TPSA) is 55.8 Å². The van der Waals surface area contributed by atoms with Crippen LogP contribution in [0, 0.1) is 5.92 Å². The molecule has 1 saturated carbocycles. The molecule has 1 rings (SSSR count). The number of carbonyl (C=O) groups is 1. The number of hydrogen-bond donors (Lipinski definition) is 1. The van der Waals surface area contributed by atoms with E-state index < -0.39 is 11.7 Å². The molecular weight excluding hydrogens is 268 g/mol. The summed E-state index contributed by atoms with van der Waals surface area (Å²) in [6.45, 7) is 10.3. The first-order valence-corrected chi connectivity index (χ1v) is 8.27. The van der Waals surface area contributed by atoms with E-state index in [1.807, 2.05) is 13.8 Å². The molecule has 0 heterocycles. The quantitative estimate of drug-likeness (QED) is 0.732. The van der Waals surface area contributed by atoms with Gasteiger partial charge in [0.15, 0.2) is 0 Å². The van der Waals surface area contributed by atoms with Gasteiger partial charge in [-0.1, -0.05) is 20.8 Å². The number of esters is 1. The molecule has 21 heavy (non-hydrogen) atoms. The van der Waals surface area contributed by atoms with Gasteiger partial charge in [-0.2, -0.15) is 0 Å². The molecular formula is C17H32O4. The molecule has 1 N–H and O–H groups in total. The Morgan fingerprint density at radius 1 is 1.29 bits per heavy atom. The summed E-state index contributed by atoms with van der Waals surface area (Å²) in [5.74, 6) is 0.204. The van der Waals surface area contributed by atoms with Gasteiger partial charge in [-0.3, -0.25) is 4.79 Å². The van der Waals surface area contributed by atoms with Gasteiger partial charge in [-0.05, 0) is 45.4 Å². The highest BCUT2D eigenvalue weighted by molar-refractivity contribution is 5.69. The first-order chi connectivity index (χ1) is 9.73. The van der Waals surface area contributed by atoms with E-state index in [1.54, 1.807) is 6.92 Å². The van der Waals surface area contributed by atoms with E-state index >= 15 is 0 Å². The summed E-state index contributed by atoms with van der Waals surface area (Å²) in [5, 5.41) is 9.51. The van der Waals surface area contributed by atoms with Gasteiger partial charge >= 0.3 is 5.97 Å². The molecule has 0 amide bonds. The van der Waals surface area contributed by atoms with Crippen molar-refractivity contribution in [2.75, 3.05) is 6.61 Å². The van der Waals surface area contributed by atoms with E-state index in [-0.39, 0.29) is 11.6 Å². The van der Waals surface area contributed by atoms with E-state index in [1.165, 1.54) is 0 Å². The zero-order chi connectivity index (χ0) is 16.1. The van der Waals surface area contributed by atoms with Crippen LogP contribution in [0.25, 0.3) is 0 Å². The fourth-order valence-corrected chi connectivity index (χ4v) is 3.26. The molecule has 0 saturated heterocycles. The minimum absolute atomic E-state index is 0.116. The van der Waals surface area contributed by atoms with E-state index in [2.05, 4.69) is 13.8 Å². The molecule has 0 spiro atoms. The van der Waals surface area contributed by atoms with E-state index in [0.717, 1.165) is 25.7 Å². The second kappa shape index (κ2) is 7.59. The molecule has 1 aliphatic rings. The molecule has 0 aromatic heterocycles. The van der Waals surface area contributed by atoms with Crippen LogP contribution in [0.4, 0.5) is 0 Å². The number of ether oxygens (including phenoxy) is 2. The largest absolute Gasteiger partial charge is 0.459 e. The third-order valence-corrected chi connectivity index (χ3v) is 4.46. The van der Waals surface area contributed by atoms with Crippen molar-refractivity contribution in [2.24, 2.45) is 5.92 Å². The summed E-state index contributed by atoms with van der Waals surface area (Å²) in [7, 11) is 0. The van der Waals surface area contributed by atoms with Gasteiger partial charge in [-0.15, -0.1) is 0 Å². The minimum Gasteiger partial charge on any atom is -0.459 e. The summed E-state index contributed by atoms with van der Waals surface area (Å²) in [6.07, 6.45) is 4.33. The van der Waals surface area contributed by atoms with Crippen molar-refractivity contribution in [2.45, 2.75) is 90.4 Å². The lowest BCUT2D eigenvalue weighted by atomic mass is 9.70. The Bertz CT molecular complexity index is 340. The Morgan fingerprint density at radius 2 is 1.95 bits per heavy atom. The molecule has 0 aromatic carbocycles. The van der Waals surface area contributed by atoms with Crippen LogP contribution in [-0.2, 0) is 14.3 Å². The molecule has 1 fully saturated rings. The van der Waals surface area contributed by atoms with Crippen LogP contribution in [0.1, 0.15) is 73.1 Å². The smallest absolute Gasteiger partial charge is 0.306 e. The Balaban J connectivity index is 2.79. The molecule has 1 aliphatic carbocycles. The molecule has 0 radical (unpaired) electrons. The average molecular weight is 300 g/mol. The third kappa shape index (κ3) is 5.26. The molecule has 3 unspecified atom stereocenters. The third-order valence-electron chi connectivity index (χ3n) is 4.46. The van der Waals surface area contributed by atoms with Crippen LogP contribution in [0.3, 0.4) is 0 Å². The van der Waals surface area contributed by atoms with Crippen molar-refractivity contribution < 1.29 is 19.4 Å². The van der Waals surface area contributed by atoms with Gasteiger partial charge in [-0.25, -0.2) is 0 Å². The van der Waals surface area contributed by atoms with E-state index in [0.29, 0.717) is 25.4 Å². The SMILES string of the molecule is CCCC(=O)OC1(C)CCCC(OCC(C)O)(C(C)C)C1. The summed E-state index contributed by atoms with van der Waals surface area (Å²) in [6, 6.07) is 0. The number of hydrogen-bond acceptors (Lipinski definition) is 4. The zero-order valence-corrected chi connectivity index (χ0v) is 14.3. The Labute approximate surface area is 129 Å². The van der Waals surface area contributed by atoms with Gasteiger partial charge in [0.2, 0.25) is 0 Å². The summed E-state index contributed by atoms with van der Waals surface area (Å²) in [4.78, 5) is 11.9. The summed E-state index contributed by atoms with van der Waals surface area (Å²) >= 11 is 0. The van der Waals surface area contributed by atoms with E-state index in [9.17, 15) is 9.90 Å². The fourth-order valence-electron chi connectivity index (χ4n) is 3.26. The molecule has 0 bridgehead atoms. The standard InChI is InChI=1S/C17H32O4/c1-6-8-15(19)21-16(5)9-7-10-17(12-16,13(2)3)20-11-14(4)18/h13-14,18H,6-12H2,1-5H3. The maximum atomic E-state index is 11.9. The van der Waals surface area contributed by atoms with Crippen molar-refractivity contribution in [3.63, 3.8) is 0 Å². The van der Waals surface area contributed by atoms with Crippen LogP contribution in [0.15, 0.2) is 0 Å². The lowest BCUT2D eigenvalue weighted by Gasteiger charge is -2.48. The first-order valence-electron chi connectivity index (χ1n) is 8.27. The van der Waals surface area contributed by atoms with Crippen LogP contribution < -0.4 is 0 Å². The summed E-state index contributed by atoms with van der Waals surface area (Å²) in [5.41, 5.74) is -0.760. The van der Waals surface area contributed by atoms with Gasteiger partial charge in [0, 0.05) is 12.8 Å². The van der Waals surface area contributed by atoms with Crippen molar-refractivity contribution >= 4 is 5.97 Å². The van der Waals surface area contributed by atoms with Gasteiger partial charge in [0.1, 0.15) is 5.60 Å². The van der Waals surface area contributed by atoms with Crippen LogP contribution in [-0.4, -0.2) is 35.0 Å². The van der Waals surface area contributed by atoms with Crippen molar-refractivity contribution in [1.82, 2.24) is 0 Å².